The van der Waals surface area contributed by atoms with Gasteiger partial charge in [-0.15, -0.1) is 0 Å². The van der Waals surface area contributed by atoms with E-state index in [1.165, 1.54) is 6.07 Å². The van der Waals surface area contributed by atoms with E-state index < -0.39 is 5.82 Å². The molecule has 3 nitrogen and oxygen atoms in total. The number of aromatic nitrogens is 1. The fourth-order valence-electron chi connectivity index (χ4n) is 1.26. The van der Waals surface area contributed by atoms with E-state index in [9.17, 15) is 4.39 Å². The van der Waals surface area contributed by atoms with Crippen molar-refractivity contribution >= 4 is 5.69 Å². The third-order valence-electron chi connectivity index (χ3n) is 2.07. The molecule has 0 aliphatic rings. The molecule has 0 saturated carbocycles. The Labute approximate surface area is 92.9 Å². The molecule has 1 heterocycles. The Hall–Kier alpha value is -2.10. The number of pyridine rings is 1. The van der Waals surface area contributed by atoms with Gasteiger partial charge < -0.3 is 10.1 Å². The fourth-order valence-corrected chi connectivity index (χ4v) is 1.26. The molecular formula is C12H11FN2O. The lowest BCUT2D eigenvalue weighted by atomic mass is 10.3. The topological polar surface area (TPSA) is 34.1 Å². The molecule has 0 spiro atoms. The summed E-state index contributed by atoms with van der Waals surface area (Å²) in [6.07, 6.45) is 1.59. The normalized spacial score (nSPS) is 9.88. The summed E-state index contributed by atoms with van der Waals surface area (Å²) in [5.74, 6) is 0.119. The highest BCUT2D eigenvalue weighted by molar-refractivity contribution is 5.47. The average Bonchev–Trinajstić information content (AvgIpc) is 2.33. The monoisotopic (exact) mass is 218 g/mol. The number of halogens is 1. The Morgan fingerprint density at radius 2 is 2.12 bits per heavy atom. The average molecular weight is 218 g/mol. The maximum atomic E-state index is 13.5. The molecule has 0 bridgehead atoms. The van der Waals surface area contributed by atoms with Crippen molar-refractivity contribution in [3.63, 3.8) is 0 Å². The van der Waals surface area contributed by atoms with E-state index in [4.69, 9.17) is 4.74 Å². The van der Waals surface area contributed by atoms with Crippen molar-refractivity contribution in [2.75, 3.05) is 12.4 Å². The van der Waals surface area contributed by atoms with Crippen LogP contribution in [0.2, 0.25) is 0 Å². The Bertz CT molecular complexity index is 474. The molecule has 0 amide bonds. The van der Waals surface area contributed by atoms with Crippen molar-refractivity contribution in [2.45, 2.75) is 0 Å². The largest absolute Gasteiger partial charge is 0.436 e. The van der Waals surface area contributed by atoms with Crippen LogP contribution in [0.3, 0.4) is 0 Å². The van der Waals surface area contributed by atoms with Gasteiger partial charge in [-0.1, -0.05) is 6.07 Å². The molecule has 0 saturated heterocycles. The lowest BCUT2D eigenvalue weighted by molar-refractivity contribution is 0.428. The summed E-state index contributed by atoms with van der Waals surface area (Å²) < 4.78 is 18.8. The standard InChI is InChI=1S/C12H11FN2O/c1-14-9-5-6-11(10(13)8-9)16-12-4-2-3-7-15-12/h2-8,14H,1H3. The number of rotatable bonds is 3. The van der Waals surface area contributed by atoms with Gasteiger partial charge in [0.25, 0.3) is 0 Å². The van der Waals surface area contributed by atoms with Crippen molar-refractivity contribution in [2.24, 2.45) is 0 Å². The van der Waals surface area contributed by atoms with Gasteiger partial charge in [0.05, 0.1) is 0 Å². The van der Waals surface area contributed by atoms with E-state index in [2.05, 4.69) is 10.3 Å². The summed E-state index contributed by atoms with van der Waals surface area (Å²) in [5, 5.41) is 2.85. The van der Waals surface area contributed by atoms with Crippen LogP contribution in [0.4, 0.5) is 10.1 Å². The molecule has 4 heteroatoms. The van der Waals surface area contributed by atoms with Crippen LogP contribution in [0.15, 0.2) is 42.6 Å². The zero-order valence-electron chi connectivity index (χ0n) is 8.77. The summed E-state index contributed by atoms with van der Waals surface area (Å²) in [6, 6.07) is 9.90. The smallest absolute Gasteiger partial charge is 0.219 e. The molecule has 2 rings (SSSR count). The second-order valence-corrected chi connectivity index (χ2v) is 3.17. The first-order valence-electron chi connectivity index (χ1n) is 4.86. The first kappa shape index (κ1) is 10.4. The summed E-state index contributed by atoms with van der Waals surface area (Å²) in [5.41, 5.74) is 0.700. The van der Waals surface area contributed by atoms with Gasteiger partial charge in [0.2, 0.25) is 5.88 Å². The molecule has 0 fully saturated rings. The molecule has 1 N–H and O–H groups in total. The van der Waals surface area contributed by atoms with E-state index >= 15 is 0 Å². The molecule has 16 heavy (non-hydrogen) atoms. The van der Waals surface area contributed by atoms with Crippen molar-refractivity contribution in [3.8, 4) is 11.6 Å². The van der Waals surface area contributed by atoms with Crippen molar-refractivity contribution in [3.05, 3.63) is 48.4 Å². The first-order valence-corrected chi connectivity index (χ1v) is 4.86. The zero-order valence-corrected chi connectivity index (χ0v) is 8.77. The third-order valence-corrected chi connectivity index (χ3v) is 2.07. The third kappa shape index (κ3) is 2.28. The maximum Gasteiger partial charge on any atom is 0.219 e. The molecular weight excluding hydrogens is 207 g/mol. The molecule has 2 aromatic rings. The van der Waals surface area contributed by atoms with Crippen molar-refractivity contribution < 1.29 is 9.13 Å². The van der Waals surface area contributed by atoms with Crippen molar-refractivity contribution in [1.29, 1.82) is 0 Å². The molecule has 1 aromatic carbocycles. The minimum Gasteiger partial charge on any atom is -0.436 e. The van der Waals surface area contributed by atoms with Crippen LogP contribution >= 0.6 is 0 Å². The number of nitrogens with zero attached hydrogens (tertiary/aromatic N) is 1. The van der Waals surface area contributed by atoms with E-state index in [0.717, 1.165) is 0 Å². The van der Waals surface area contributed by atoms with Crippen LogP contribution in [0.1, 0.15) is 0 Å². The number of hydrogen-bond acceptors (Lipinski definition) is 3. The summed E-state index contributed by atoms with van der Waals surface area (Å²) in [4.78, 5) is 3.95. The highest BCUT2D eigenvalue weighted by atomic mass is 19.1. The number of anilines is 1. The molecule has 82 valence electrons. The van der Waals surface area contributed by atoms with Crippen LogP contribution < -0.4 is 10.1 Å². The SMILES string of the molecule is CNc1ccc(Oc2ccccn2)c(F)c1. The van der Waals surface area contributed by atoms with Gasteiger partial charge in [-0.05, 0) is 18.2 Å². The van der Waals surface area contributed by atoms with Gasteiger partial charge in [0.15, 0.2) is 11.6 Å². The van der Waals surface area contributed by atoms with Crippen LogP contribution in [0, 0.1) is 5.82 Å². The van der Waals surface area contributed by atoms with E-state index in [1.807, 2.05) is 0 Å². The maximum absolute atomic E-state index is 13.5. The predicted octanol–water partition coefficient (Wildman–Crippen LogP) is 3.05. The van der Waals surface area contributed by atoms with E-state index in [1.54, 1.807) is 43.6 Å². The van der Waals surface area contributed by atoms with Gasteiger partial charge in [0, 0.05) is 31.1 Å². The van der Waals surface area contributed by atoms with Crippen LogP contribution in [-0.4, -0.2) is 12.0 Å². The van der Waals surface area contributed by atoms with Crippen LogP contribution in [0.5, 0.6) is 11.6 Å². The second-order valence-electron chi connectivity index (χ2n) is 3.17. The molecule has 0 atom stereocenters. The van der Waals surface area contributed by atoms with Gasteiger partial charge in [0.1, 0.15) is 0 Å². The number of nitrogens with one attached hydrogen (secondary N) is 1. The molecule has 0 radical (unpaired) electrons. The lowest BCUT2D eigenvalue weighted by Crippen LogP contribution is -1.93. The minimum atomic E-state index is -0.419. The highest BCUT2D eigenvalue weighted by Gasteiger charge is 2.05. The number of benzene rings is 1. The summed E-state index contributed by atoms with van der Waals surface area (Å²) in [6.45, 7) is 0. The van der Waals surface area contributed by atoms with Gasteiger partial charge in [-0.3, -0.25) is 0 Å². The number of ether oxygens (including phenoxy) is 1. The van der Waals surface area contributed by atoms with E-state index in [0.29, 0.717) is 11.6 Å². The van der Waals surface area contributed by atoms with Gasteiger partial charge in [-0.2, -0.15) is 0 Å². The minimum absolute atomic E-state index is 0.165. The highest BCUT2D eigenvalue weighted by Crippen LogP contribution is 2.24. The molecule has 0 unspecified atom stereocenters. The first-order chi connectivity index (χ1) is 7.79. The van der Waals surface area contributed by atoms with Gasteiger partial charge in [-0.25, -0.2) is 9.37 Å². The summed E-state index contributed by atoms with van der Waals surface area (Å²) >= 11 is 0. The molecule has 1 aromatic heterocycles. The number of hydrogen-bond donors (Lipinski definition) is 1. The fraction of sp³-hybridized carbons (Fsp3) is 0.0833. The van der Waals surface area contributed by atoms with Gasteiger partial charge >= 0.3 is 0 Å². The second kappa shape index (κ2) is 4.61. The lowest BCUT2D eigenvalue weighted by Gasteiger charge is -2.06. The molecule has 0 aliphatic carbocycles. The predicted molar refractivity (Wildman–Crippen MR) is 60.3 cm³/mol. The Balaban J connectivity index is 2.22. The zero-order chi connectivity index (χ0) is 11.4. The van der Waals surface area contributed by atoms with Crippen LogP contribution in [0.25, 0.3) is 0 Å². The Kier molecular flexibility index (Phi) is 3.00. The summed E-state index contributed by atoms with van der Waals surface area (Å²) in [7, 11) is 1.73. The van der Waals surface area contributed by atoms with Crippen LogP contribution in [-0.2, 0) is 0 Å². The van der Waals surface area contributed by atoms with E-state index in [-0.39, 0.29) is 5.75 Å². The Morgan fingerprint density at radius 1 is 1.25 bits per heavy atom. The van der Waals surface area contributed by atoms with Crippen molar-refractivity contribution in [1.82, 2.24) is 4.98 Å². The quantitative estimate of drug-likeness (QED) is 0.859. The Morgan fingerprint density at radius 3 is 2.75 bits per heavy atom. The molecule has 0 aliphatic heterocycles.